The number of nitriles is 2. The molecule has 2 aromatic carbocycles. The summed E-state index contributed by atoms with van der Waals surface area (Å²) in [7, 11) is 0. The van der Waals surface area contributed by atoms with E-state index < -0.39 is 35.1 Å². The van der Waals surface area contributed by atoms with Gasteiger partial charge in [-0.3, -0.25) is 0 Å². The Morgan fingerprint density at radius 3 is 2.37 bits per heavy atom. The zero-order valence-corrected chi connectivity index (χ0v) is 13.4. The highest BCUT2D eigenvalue weighted by Crippen LogP contribution is 2.45. The van der Waals surface area contributed by atoms with E-state index in [1.165, 1.54) is 11.0 Å². The Morgan fingerprint density at radius 2 is 1.78 bits per heavy atom. The zero-order valence-electron chi connectivity index (χ0n) is 13.4. The van der Waals surface area contributed by atoms with Crippen LogP contribution in [0.25, 0.3) is 0 Å². The van der Waals surface area contributed by atoms with E-state index in [9.17, 15) is 36.9 Å². The molecular weight excluding hydrogens is 372 g/mol. The van der Waals surface area contributed by atoms with Crippen molar-refractivity contribution in [2.75, 3.05) is 11.4 Å². The number of halogens is 6. The van der Waals surface area contributed by atoms with Crippen LogP contribution in [0.1, 0.15) is 34.8 Å². The predicted octanol–water partition coefficient (Wildman–Crippen LogP) is 5.28. The van der Waals surface area contributed by atoms with Gasteiger partial charge in [0.2, 0.25) is 0 Å². The van der Waals surface area contributed by atoms with Crippen LogP contribution in [0.3, 0.4) is 0 Å². The van der Waals surface area contributed by atoms with E-state index in [4.69, 9.17) is 0 Å². The molecule has 0 saturated carbocycles. The SMILES string of the molecule is N#Cc1cc(F)cc2c1N(c1ccc(C(F)(F)F)c(F)c1C#N)CC[C@@H]2F. The molecule has 0 aliphatic carbocycles. The Balaban J connectivity index is 2.27. The van der Waals surface area contributed by atoms with Crippen molar-refractivity contribution in [3.8, 4) is 12.1 Å². The summed E-state index contributed by atoms with van der Waals surface area (Å²) in [6, 6.07) is 6.17. The molecule has 0 saturated heterocycles. The van der Waals surface area contributed by atoms with Gasteiger partial charge in [-0.2, -0.15) is 23.7 Å². The lowest BCUT2D eigenvalue weighted by atomic mass is 9.94. The monoisotopic (exact) mass is 381 g/mol. The van der Waals surface area contributed by atoms with Crippen LogP contribution in [0, 0.1) is 34.3 Å². The Hall–Kier alpha value is -3.20. The van der Waals surface area contributed by atoms with Crippen molar-refractivity contribution in [3.05, 3.63) is 58.2 Å². The first-order chi connectivity index (χ1) is 12.7. The third kappa shape index (κ3) is 3.06. The summed E-state index contributed by atoms with van der Waals surface area (Å²) in [5, 5.41) is 18.5. The molecule has 3 nitrogen and oxygen atoms in total. The van der Waals surface area contributed by atoms with Gasteiger partial charge in [0, 0.05) is 18.5 Å². The van der Waals surface area contributed by atoms with Crippen LogP contribution < -0.4 is 4.90 Å². The van der Waals surface area contributed by atoms with E-state index >= 15 is 0 Å². The van der Waals surface area contributed by atoms with Gasteiger partial charge in [0.05, 0.1) is 22.5 Å². The molecular formula is C18H9F6N3. The summed E-state index contributed by atoms with van der Waals surface area (Å²) in [6.45, 7) is -0.131. The number of hydrogen-bond acceptors (Lipinski definition) is 3. The average molecular weight is 381 g/mol. The van der Waals surface area contributed by atoms with Crippen LogP contribution >= 0.6 is 0 Å². The van der Waals surface area contributed by atoms with Gasteiger partial charge in [0.25, 0.3) is 0 Å². The van der Waals surface area contributed by atoms with Gasteiger partial charge in [-0.15, -0.1) is 0 Å². The second kappa shape index (κ2) is 6.51. The molecule has 0 amide bonds. The number of anilines is 2. The van der Waals surface area contributed by atoms with Crippen molar-refractivity contribution in [1.82, 2.24) is 0 Å². The predicted molar refractivity (Wildman–Crippen MR) is 82.7 cm³/mol. The van der Waals surface area contributed by atoms with Gasteiger partial charge < -0.3 is 4.90 Å². The molecule has 27 heavy (non-hydrogen) atoms. The van der Waals surface area contributed by atoms with Crippen LogP contribution in [0.4, 0.5) is 37.7 Å². The minimum absolute atomic E-state index is 0.0895. The van der Waals surface area contributed by atoms with E-state index in [1.807, 2.05) is 0 Å². The number of nitrogens with zero attached hydrogens (tertiary/aromatic N) is 3. The molecule has 0 radical (unpaired) electrons. The lowest BCUT2D eigenvalue weighted by Gasteiger charge is -2.34. The first-order valence-electron chi connectivity index (χ1n) is 7.64. The minimum Gasteiger partial charge on any atom is -0.339 e. The van der Waals surface area contributed by atoms with Crippen LogP contribution in [0.15, 0.2) is 24.3 Å². The van der Waals surface area contributed by atoms with Crippen LogP contribution in [0.2, 0.25) is 0 Å². The van der Waals surface area contributed by atoms with E-state index in [-0.39, 0.29) is 35.5 Å². The highest BCUT2D eigenvalue weighted by Gasteiger charge is 2.37. The Bertz CT molecular complexity index is 1000. The summed E-state index contributed by atoms with van der Waals surface area (Å²) in [4.78, 5) is 1.17. The summed E-state index contributed by atoms with van der Waals surface area (Å²) in [5.41, 5.74) is -3.28. The maximum Gasteiger partial charge on any atom is 0.419 e. The Kier molecular flexibility index (Phi) is 4.48. The van der Waals surface area contributed by atoms with E-state index in [0.717, 1.165) is 18.2 Å². The fourth-order valence-corrected chi connectivity index (χ4v) is 3.11. The summed E-state index contributed by atoms with van der Waals surface area (Å²) in [6.07, 6.45) is -6.78. The smallest absolute Gasteiger partial charge is 0.339 e. The molecule has 0 N–H and O–H groups in total. The molecule has 1 aliphatic heterocycles. The fraction of sp³-hybridized carbons (Fsp3) is 0.222. The molecule has 1 heterocycles. The Morgan fingerprint density at radius 1 is 1.07 bits per heavy atom. The molecule has 0 unspecified atom stereocenters. The second-order valence-electron chi connectivity index (χ2n) is 5.84. The van der Waals surface area contributed by atoms with Crippen molar-refractivity contribution in [2.45, 2.75) is 18.8 Å². The molecule has 0 aromatic heterocycles. The van der Waals surface area contributed by atoms with Crippen LogP contribution in [-0.4, -0.2) is 6.54 Å². The third-order valence-electron chi connectivity index (χ3n) is 4.27. The number of hydrogen-bond donors (Lipinski definition) is 0. The van der Waals surface area contributed by atoms with Crippen molar-refractivity contribution < 1.29 is 26.3 Å². The average Bonchev–Trinajstić information content (AvgIpc) is 2.60. The molecule has 0 spiro atoms. The molecule has 138 valence electrons. The molecule has 2 aromatic rings. The highest BCUT2D eigenvalue weighted by molar-refractivity contribution is 5.77. The van der Waals surface area contributed by atoms with Crippen LogP contribution in [0.5, 0.6) is 0 Å². The number of rotatable bonds is 1. The molecule has 1 aliphatic rings. The van der Waals surface area contributed by atoms with Crippen molar-refractivity contribution in [3.63, 3.8) is 0 Å². The lowest BCUT2D eigenvalue weighted by Crippen LogP contribution is -2.28. The first-order valence-corrected chi connectivity index (χ1v) is 7.64. The molecule has 3 rings (SSSR count). The molecule has 0 fully saturated rings. The van der Waals surface area contributed by atoms with Gasteiger partial charge in [0.1, 0.15) is 29.7 Å². The van der Waals surface area contributed by atoms with Crippen molar-refractivity contribution in [1.29, 1.82) is 10.5 Å². The van der Waals surface area contributed by atoms with Crippen molar-refractivity contribution in [2.24, 2.45) is 0 Å². The van der Waals surface area contributed by atoms with Gasteiger partial charge in [-0.05, 0) is 24.3 Å². The standard InChI is InChI=1S/C18H9F6N3/c19-10-5-9(7-25)17-11(6-10)14(20)3-4-27(17)15-2-1-13(18(22,23)24)16(21)12(15)8-26/h1-2,5-6,14H,3-4H2/t14-/m0/s1. The highest BCUT2D eigenvalue weighted by atomic mass is 19.4. The maximum atomic E-state index is 14.3. The first kappa shape index (κ1) is 18.6. The lowest BCUT2D eigenvalue weighted by molar-refractivity contribution is -0.140. The van der Waals surface area contributed by atoms with Crippen molar-refractivity contribution >= 4 is 11.4 Å². The van der Waals surface area contributed by atoms with Gasteiger partial charge in [-0.1, -0.05) is 0 Å². The normalized spacial score (nSPS) is 16.4. The molecule has 1 atom stereocenters. The summed E-state index contributed by atoms with van der Waals surface area (Å²) >= 11 is 0. The number of alkyl halides is 4. The van der Waals surface area contributed by atoms with E-state index in [2.05, 4.69) is 0 Å². The largest absolute Gasteiger partial charge is 0.419 e. The third-order valence-corrected chi connectivity index (χ3v) is 4.27. The molecule has 0 bridgehead atoms. The van der Waals surface area contributed by atoms with E-state index in [0.29, 0.717) is 6.07 Å². The molecule has 9 heteroatoms. The Labute approximate surface area is 149 Å². The minimum atomic E-state index is -5.00. The topological polar surface area (TPSA) is 50.8 Å². The summed E-state index contributed by atoms with van der Waals surface area (Å²) < 4.78 is 80.9. The maximum absolute atomic E-state index is 14.3. The quantitative estimate of drug-likeness (QED) is 0.632. The van der Waals surface area contributed by atoms with Gasteiger partial charge >= 0.3 is 6.18 Å². The second-order valence-corrected chi connectivity index (χ2v) is 5.84. The van der Waals surface area contributed by atoms with Crippen LogP contribution in [-0.2, 0) is 6.18 Å². The fourth-order valence-electron chi connectivity index (χ4n) is 3.11. The number of benzene rings is 2. The number of fused-ring (bicyclic) bond motifs is 1. The van der Waals surface area contributed by atoms with Gasteiger partial charge in [-0.25, -0.2) is 13.2 Å². The van der Waals surface area contributed by atoms with E-state index in [1.54, 1.807) is 6.07 Å². The zero-order chi connectivity index (χ0) is 19.9. The summed E-state index contributed by atoms with van der Waals surface area (Å²) in [5.74, 6) is -2.61. The van der Waals surface area contributed by atoms with Gasteiger partial charge in [0.15, 0.2) is 5.82 Å².